The van der Waals surface area contributed by atoms with Crippen LogP contribution in [0.2, 0.25) is 0 Å². The molecule has 8 heteroatoms. The summed E-state index contributed by atoms with van der Waals surface area (Å²) in [5.74, 6) is -0.0519. The van der Waals surface area contributed by atoms with Crippen LogP contribution in [0, 0.1) is 5.41 Å². The number of benzene rings is 1. The van der Waals surface area contributed by atoms with Crippen LogP contribution in [0.4, 0.5) is 0 Å². The van der Waals surface area contributed by atoms with Crippen molar-refractivity contribution in [2.24, 2.45) is 5.41 Å². The Balaban J connectivity index is 1.40. The van der Waals surface area contributed by atoms with Crippen molar-refractivity contribution in [1.29, 1.82) is 0 Å². The number of rotatable bonds is 4. The number of likely N-dealkylation sites (tertiary alicyclic amines) is 1. The molecule has 0 N–H and O–H groups in total. The molecular formula is C23H33N3O4S. The standard InChI is InChI=1S/C23H33N3O4S/c1-24(2)23(19-6-4-3-5-7-19)10-8-22(9-11-23)16-20(27)26(18-22)17-21(28)25-12-14-31(29,30)15-13-25/h3-7H,8-18H2,1-2H3/t22-,23-. The number of hydrogen-bond donors (Lipinski definition) is 0. The van der Waals surface area contributed by atoms with Crippen LogP contribution < -0.4 is 0 Å². The zero-order valence-corrected chi connectivity index (χ0v) is 19.4. The zero-order chi connectivity index (χ0) is 22.3. The molecule has 3 aliphatic rings. The van der Waals surface area contributed by atoms with E-state index in [-0.39, 0.29) is 53.9 Å². The highest BCUT2D eigenvalue weighted by Gasteiger charge is 2.50. The third kappa shape index (κ3) is 4.37. The molecule has 0 aromatic heterocycles. The summed E-state index contributed by atoms with van der Waals surface area (Å²) in [4.78, 5) is 31.1. The Hall–Kier alpha value is -1.93. The molecule has 4 rings (SSSR count). The number of carbonyl (C=O) groups is 2. The monoisotopic (exact) mass is 447 g/mol. The topological polar surface area (TPSA) is 78.0 Å². The predicted octanol–water partition coefficient (Wildman–Crippen LogP) is 1.49. The van der Waals surface area contributed by atoms with Crippen LogP contribution in [0.1, 0.15) is 37.7 Å². The van der Waals surface area contributed by atoms with Gasteiger partial charge in [-0.05, 0) is 50.8 Å². The third-order valence-electron chi connectivity index (χ3n) is 7.73. The summed E-state index contributed by atoms with van der Waals surface area (Å²) in [6, 6.07) is 10.6. The maximum absolute atomic E-state index is 12.8. The molecule has 31 heavy (non-hydrogen) atoms. The number of hydrogen-bond acceptors (Lipinski definition) is 5. The van der Waals surface area contributed by atoms with E-state index < -0.39 is 9.84 Å². The molecule has 3 fully saturated rings. The highest BCUT2D eigenvalue weighted by atomic mass is 32.2. The van der Waals surface area contributed by atoms with Gasteiger partial charge in [-0.25, -0.2) is 8.42 Å². The molecule has 0 atom stereocenters. The fourth-order valence-electron chi connectivity index (χ4n) is 5.62. The Bertz CT molecular complexity index is 923. The van der Waals surface area contributed by atoms with Gasteiger partial charge >= 0.3 is 0 Å². The molecule has 2 saturated heterocycles. The zero-order valence-electron chi connectivity index (χ0n) is 18.5. The number of nitrogens with zero attached hydrogens (tertiary/aromatic N) is 3. The summed E-state index contributed by atoms with van der Waals surface area (Å²) in [5, 5.41) is 0. The third-order valence-corrected chi connectivity index (χ3v) is 9.34. The van der Waals surface area contributed by atoms with E-state index in [1.165, 1.54) is 5.56 Å². The highest BCUT2D eigenvalue weighted by Crippen LogP contribution is 2.52. The SMILES string of the molecule is CN(C)[C@]1(c2ccccc2)CC[C@@]2(CC1)CC(=O)N(CC(=O)N1CCS(=O)(=O)CC1)C2. The Morgan fingerprint density at radius 3 is 2.23 bits per heavy atom. The van der Waals surface area contributed by atoms with E-state index >= 15 is 0 Å². The second kappa shape index (κ2) is 8.20. The Kier molecular flexibility index (Phi) is 5.89. The lowest BCUT2D eigenvalue weighted by molar-refractivity contribution is -0.138. The summed E-state index contributed by atoms with van der Waals surface area (Å²) in [5.41, 5.74) is 1.25. The van der Waals surface area contributed by atoms with Crippen LogP contribution in [0.3, 0.4) is 0 Å². The van der Waals surface area contributed by atoms with Gasteiger partial charge in [0.05, 0.1) is 18.1 Å². The molecule has 1 aromatic rings. The quantitative estimate of drug-likeness (QED) is 0.699. The van der Waals surface area contributed by atoms with Gasteiger partial charge in [0.2, 0.25) is 11.8 Å². The van der Waals surface area contributed by atoms with Crippen LogP contribution in [0.15, 0.2) is 30.3 Å². The van der Waals surface area contributed by atoms with Gasteiger partial charge in [0.25, 0.3) is 0 Å². The average molecular weight is 448 g/mol. The van der Waals surface area contributed by atoms with Crippen molar-refractivity contribution in [2.45, 2.75) is 37.6 Å². The summed E-state index contributed by atoms with van der Waals surface area (Å²) in [6.45, 7) is 1.16. The van der Waals surface area contributed by atoms with Crippen molar-refractivity contribution in [3.8, 4) is 0 Å². The van der Waals surface area contributed by atoms with Crippen molar-refractivity contribution in [3.63, 3.8) is 0 Å². The van der Waals surface area contributed by atoms with Crippen LogP contribution in [-0.4, -0.2) is 86.7 Å². The van der Waals surface area contributed by atoms with Gasteiger partial charge in [-0.15, -0.1) is 0 Å². The maximum Gasteiger partial charge on any atom is 0.242 e. The van der Waals surface area contributed by atoms with Gasteiger partial charge < -0.3 is 9.80 Å². The van der Waals surface area contributed by atoms with Gasteiger partial charge in [-0.3, -0.25) is 14.5 Å². The van der Waals surface area contributed by atoms with Gasteiger partial charge in [-0.2, -0.15) is 0 Å². The van der Waals surface area contributed by atoms with Gasteiger partial charge in [0, 0.05) is 31.6 Å². The van der Waals surface area contributed by atoms with E-state index in [1.807, 2.05) is 6.07 Å². The first kappa shape index (κ1) is 22.3. The lowest BCUT2D eigenvalue weighted by atomic mass is 9.64. The van der Waals surface area contributed by atoms with Crippen molar-refractivity contribution >= 4 is 21.7 Å². The molecule has 1 aromatic carbocycles. The predicted molar refractivity (Wildman–Crippen MR) is 119 cm³/mol. The molecule has 2 aliphatic heterocycles. The molecule has 0 radical (unpaired) electrons. The second-order valence-corrected chi connectivity index (χ2v) is 12.1. The first-order chi connectivity index (χ1) is 14.6. The lowest BCUT2D eigenvalue weighted by Gasteiger charge is -2.48. The van der Waals surface area contributed by atoms with Crippen LogP contribution in [0.25, 0.3) is 0 Å². The first-order valence-electron chi connectivity index (χ1n) is 11.1. The van der Waals surface area contributed by atoms with Gasteiger partial charge in [0.1, 0.15) is 0 Å². The minimum Gasteiger partial charge on any atom is -0.339 e. The molecule has 0 unspecified atom stereocenters. The number of amides is 2. The minimum atomic E-state index is -3.03. The van der Waals surface area contributed by atoms with Crippen molar-refractivity contribution in [1.82, 2.24) is 14.7 Å². The van der Waals surface area contributed by atoms with E-state index in [9.17, 15) is 18.0 Å². The first-order valence-corrected chi connectivity index (χ1v) is 13.0. The summed E-state index contributed by atoms with van der Waals surface area (Å²) < 4.78 is 23.2. The molecule has 170 valence electrons. The summed E-state index contributed by atoms with van der Waals surface area (Å²) in [6.07, 6.45) is 4.40. The van der Waals surface area contributed by atoms with Crippen molar-refractivity contribution in [2.75, 3.05) is 51.8 Å². The summed E-state index contributed by atoms with van der Waals surface area (Å²) in [7, 11) is 1.24. The van der Waals surface area contributed by atoms with E-state index in [4.69, 9.17) is 0 Å². The Morgan fingerprint density at radius 2 is 1.65 bits per heavy atom. The largest absolute Gasteiger partial charge is 0.339 e. The molecule has 7 nitrogen and oxygen atoms in total. The van der Waals surface area contributed by atoms with Crippen LogP contribution >= 0.6 is 0 Å². The summed E-state index contributed by atoms with van der Waals surface area (Å²) >= 11 is 0. The average Bonchev–Trinajstić information content (AvgIpc) is 3.03. The van der Waals surface area contributed by atoms with Crippen molar-refractivity contribution < 1.29 is 18.0 Å². The molecular weight excluding hydrogens is 414 g/mol. The number of carbonyl (C=O) groups excluding carboxylic acids is 2. The minimum absolute atomic E-state index is 0.0158. The van der Waals surface area contributed by atoms with E-state index in [1.54, 1.807) is 9.80 Å². The second-order valence-electron chi connectivity index (χ2n) is 9.75. The maximum atomic E-state index is 12.8. The van der Waals surface area contributed by atoms with E-state index in [0.29, 0.717) is 13.0 Å². The molecule has 1 aliphatic carbocycles. The van der Waals surface area contributed by atoms with E-state index in [2.05, 4.69) is 43.3 Å². The fourth-order valence-corrected chi connectivity index (χ4v) is 6.82. The Labute approximate surface area is 185 Å². The van der Waals surface area contributed by atoms with E-state index in [0.717, 1.165) is 25.7 Å². The highest BCUT2D eigenvalue weighted by molar-refractivity contribution is 7.91. The molecule has 2 heterocycles. The molecule has 0 bridgehead atoms. The smallest absolute Gasteiger partial charge is 0.242 e. The molecule has 2 amide bonds. The lowest BCUT2D eigenvalue weighted by Crippen LogP contribution is -2.49. The fraction of sp³-hybridized carbons (Fsp3) is 0.652. The normalized spacial score (nSPS) is 30.9. The number of sulfone groups is 1. The molecule has 1 spiro atoms. The van der Waals surface area contributed by atoms with Gasteiger partial charge in [0.15, 0.2) is 9.84 Å². The van der Waals surface area contributed by atoms with Gasteiger partial charge in [-0.1, -0.05) is 30.3 Å². The van der Waals surface area contributed by atoms with Crippen LogP contribution in [-0.2, 0) is 25.0 Å². The Morgan fingerprint density at radius 1 is 1.03 bits per heavy atom. The van der Waals surface area contributed by atoms with Crippen molar-refractivity contribution in [3.05, 3.63) is 35.9 Å². The van der Waals surface area contributed by atoms with Crippen LogP contribution in [0.5, 0.6) is 0 Å². The molecule has 1 saturated carbocycles.